The van der Waals surface area contributed by atoms with Crippen LogP contribution in [0.4, 0.5) is 5.82 Å². The van der Waals surface area contributed by atoms with Crippen molar-refractivity contribution in [3.63, 3.8) is 0 Å². The molecule has 0 aliphatic rings. The molecule has 10 nitrogen and oxygen atoms in total. The van der Waals surface area contributed by atoms with Gasteiger partial charge in [-0.3, -0.25) is 9.78 Å². The van der Waals surface area contributed by atoms with E-state index in [-0.39, 0.29) is 11.7 Å². The summed E-state index contributed by atoms with van der Waals surface area (Å²) in [7, 11) is 3.18. The van der Waals surface area contributed by atoms with Gasteiger partial charge < -0.3 is 30.6 Å². The van der Waals surface area contributed by atoms with Crippen LogP contribution in [-0.4, -0.2) is 62.3 Å². The van der Waals surface area contributed by atoms with Crippen LogP contribution in [0.25, 0.3) is 0 Å². The van der Waals surface area contributed by atoms with Crippen LogP contribution in [0.5, 0.6) is 5.88 Å². The summed E-state index contributed by atoms with van der Waals surface area (Å²) in [6.45, 7) is 2.24. The molecule has 0 atom stereocenters. The number of ether oxygens (including phenoxy) is 3. The molecule has 0 aromatic carbocycles. The van der Waals surface area contributed by atoms with Crippen LogP contribution in [-0.2, 0) is 16.0 Å². The highest BCUT2D eigenvalue weighted by Gasteiger charge is 2.11. The van der Waals surface area contributed by atoms with Crippen molar-refractivity contribution in [3.05, 3.63) is 60.1 Å². The van der Waals surface area contributed by atoms with Crippen LogP contribution >= 0.6 is 0 Å². The van der Waals surface area contributed by atoms with Crippen LogP contribution in [0.1, 0.15) is 16.1 Å². The number of amides is 1. The van der Waals surface area contributed by atoms with Gasteiger partial charge >= 0.3 is 0 Å². The molecule has 4 N–H and O–H groups in total. The van der Waals surface area contributed by atoms with Crippen molar-refractivity contribution in [2.75, 3.05) is 45.9 Å². The maximum Gasteiger partial charge on any atom is 0.279 e. The second kappa shape index (κ2) is 13.7. The van der Waals surface area contributed by atoms with Crippen LogP contribution in [0.15, 0.2) is 53.8 Å². The Hall–Kier alpha value is -3.50. The average molecular weight is 428 g/mol. The Morgan fingerprint density at radius 2 is 2.03 bits per heavy atom. The van der Waals surface area contributed by atoms with Gasteiger partial charge in [-0.05, 0) is 24.3 Å². The maximum atomic E-state index is 12.6. The molecule has 31 heavy (non-hydrogen) atoms. The normalized spacial score (nSPS) is 11.5. The van der Waals surface area contributed by atoms with Crippen molar-refractivity contribution in [1.29, 1.82) is 0 Å². The lowest BCUT2D eigenvalue weighted by Gasteiger charge is -2.10. The van der Waals surface area contributed by atoms with E-state index in [1.54, 1.807) is 32.7 Å². The first-order valence-corrected chi connectivity index (χ1v) is 9.67. The Morgan fingerprint density at radius 1 is 1.19 bits per heavy atom. The number of aliphatic imine (C=N–C) groups is 1. The second-order valence-corrected chi connectivity index (χ2v) is 6.22. The number of nitrogens with two attached hydrogens (primary N) is 1. The second-order valence-electron chi connectivity index (χ2n) is 6.22. The standard InChI is InChI=1S/C21H28N6O4/c1-29-10-9-25-19-13-16(14-20(27-19)31-12-11-30-2)21(28)26-18(22)6-8-23-15-17-5-3-4-7-24-17/h3-8,13-14,23H,9-12,15H2,1-2H3,(H,25,27)(H2,22,26,28)/b8-6-. The van der Waals surface area contributed by atoms with E-state index in [0.29, 0.717) is 44.3 Å². The minimum atomic E-state index is -0.513. The smallest absolute Gasteiger partial charge is 0.279 e. The Balaban J connectivity index is 2.03. The van der Waals surface area contributed by atoms with Crippen LogP contribution in [0, 0.1) is 0 Å². The van der Waals surface area contributed by atoms with Gasteiger partial charge in [-0.2, -0.15) is 9.98 Å². The van der Waals surface area contributed by atoms with Crippen molar-refractivity contribution in [3.8, 4) is 5.88 Å². The summed E-state index contributed by atoms with van der Waals surface area (Å²) in [4.78, 5) is 25.0. The number of nitrogens with zero attached hydrogens (tertiary/aromatic N) is 3. The Kier molecular flexibility index (Phi) is 10.5. The molecule has 0 bridgehead atoms. The fraction of sp³-hybridized carbons (Fsp3) is 0.333. The van der Waals surface area contributed by atoms with Gasteiger partial charge in [-0.15, -0.1) is 0 Å². The molecule has 1 amide bonds. The lowest BCUT2D eigenvalue weighted by Crippen LogP contribution is -2.15. The van der Waals surface area contributed by atoms with Gasteiger partial charge in [0.25, 0.3) is 5.91 Å². The number of methoxy groups -OCH3 is 2. The van der Waals surface area contributed by atoms with Crippen molar-refractivity contribution >= 4 is 17.6 Å². The number of aromatic nitrogens is 2. The number of carbonyl (C=O) groups excluding carboxylic acids is 1. The van der Waals surface area contributed by atoms with E-state index in [4.69, 9.17) is 19.9 Å². The van der Waals surface area contributed by atoms with E-state index in [1.165, 1.54) is 12.1 Å². The molecule has 0 spiro atoms. The quantitative estimate of drug-likeness (QED) is 0.246. The molecule has 0 unspecified atom stereocenters. The summed E-state index contributed by atoms with van der Waals surface area (Å²) in [6, 6.07) is 8.75. The topological polar surface area (TPSA) is 133 Å². The van der Waals surface area contributed by atoms with Gasteiger partial charge in [0.15, 0.2) is 0 Å². The number of anilines is 1. The van der Waals surface area contributed by atoms with E-state index < -0.39 is 5.91 Å². The van der Waals surface area contributed by atoms with Crippen LogP contribution in [0.2, 0.25) is 0 Å². The number of carbonyl (C=O) groups is 1. The van der Waals surface area contributed by atoms with E-state index in [2.05, 4.69) is 25.6 Å². The van der Waals surface area contributed by atoms with Crippen molar-refractivity contribution in [2.24, 2.45) is 10.7 Å². The Bertz CT molecular complexity index is 845. The number of hydrogen-bond acceptors (Lipinski definition) is 8. The van der Waals surface area contributed by atoms with Crippen LogP contribution < -0.4 is 21.1 Å². The molecule has 0 radical (unpaired) electrons. The predicted octanol–water partition coefficient (Wildman–Crippen LogP) is 1.36. The number of hydrogen-bond donors (Lipinski definition) is 3. The fourth-order valence-corrected chi connectivity index (χ4v) is 2.33. The van der Waals surface area contributed by atoms with Crippen LogP contribution in [0.3, 0.4) is 0 Å². The molecule has 0 saturated carbocycles. The van der Waals surface area contributed by atoms with E-state index in [9.17, 15) is 4.79 Å². The zero-order valence-electron chi connectivity index (χ0n) is 17.7. The molecule has 0 fully saturated rings. The molecule has 2 aromatic heterocycles. The summed E-state index contributed by atoms with van der Waals surface area (Å²) in [6.07, 6.45) is 4.84. The third kappa shape index (κ3) is 9.24. The molecule has 0 saturated heterocycles. The largest absolute Gasteiger partial charge is 0.475 e. The Labute approximate surface area is 181 Å². The molecule has 2 rings (SSSR count). The van der Waals surface area contributed by atoms with Crippen molar-refractivity contribution < 1.29 is 19.0 Å². The first-order valence-electron chi connectivity index (χ1n) is 9.67. The van der Waals surface area contributed by atoms with Crippen molar-refractivity contribution in [1.82, 2.24) is 15.3 Å². The average Bonchev–Trinajstić information content (AvgIpc) is 2.78. The van der Waals surface area contributed by atoms with Gasteiger partial charge in [-0.25, -0.2) is 0 Å². The number of pyridine rings is 2. The summed E-state index contributed by atoms with van der Waals surface area (Å²) in [5.74, 6) is 0.299. The minimum absolute atomic E-state index is 0.0612. The summed E-state index contributed by atoms with van der Waals surface area (Å²) in [5.41, 5.74) is 7.03. The zero-order valence-corrected chi connectivity index (χ0v) is 17.7. The molecule has 166 valence electrons. The maximum absolute atomic E-state index is 12.6. The van der Waals surface area contributed by atoms with Gasteiger partial charge in [0.1, 0.15) is 18.3 Å². The lowest BCUT2D eigenvalue weighted by atomic mass is 10.2. The van der Waals surface area contributed by atoms with Gasteiger partial charge in [0.05, 0.1) is 31.0 Å². The van der Waals surface area contributed by atoms with Gasteiger partial charge in [-0.1, -0.05) is 6.07 Å². The molecule has 0 aliphatic heterocycles. The minimum Gasteiger partial charge on any atom is -0.475 e. The van der Waals surface area contributed by atoms with E-state index in [0.717, 1.165) is 5.69 Å². The van der Waals surface area contributed by atoms with Gasteiger partial charge in [0, 0.05) is 39.2 Å². The van der Waals surface area contributed by atoms with Crippen molar-refractivity contribution in [2.45, 2.75) is 6.54 Å². The van der Waals surface area contributed by atoms with E-state index in [1.807, 2.05) is 18.2 Å². The highest BCUT2D eigenvalue weighted by molar-refractivity contribution is 6.06. The molecular weight excluding hydrogens is 400 g/mol. The molecule has 2 heterocycles. The highest BCUT2D eigenvalue weighted by atomic mass is 16.5. The highest BCUT2D eigenvalue weighted by Crippen LogP contribution is 2.17. The lowest BCUT2D eigenvalue weighted by molar-refractivity contribution is 0.100. The SMILES string of the molecule is COCCNc1cc(C(=O)N=C(N)/C=C\NCc2ccccn2)cc(OCCOC)n1. The first-order chi connectivity index (χ1) is 15.1. The monoisotopic (exact) mass is 428 g/mol. The Morgan fingerprint density at radius 3 is 2.77 bits per heavy atom. The molecule has 10 heteroatoms. The molecule has 2 aromatic rings. The molecular formula is C21H28N6O4. The zero-order chi connectivity index (χ0) is 22.3. The summed E-state index contributed by atoms with van der Waals surface area (Å²) < 4.78 is 15.5. The molecule has 0 aliphatic carbocycles. The van der Waals surface area contributed by atoms with Gasteiger partial charge in [0.2, 0.25) is 5.88 Å². The number of rotatable bonds is 13. The summed E-state index contributed by atoms with van der Waals surface area (Å²) in [5, 5.41) is 6.12. The predicted molar refractivity (Wildman–Crippen MR) is 118 cm³/mol. The first kappa shape index (κ1) is 23.8. The third-order valence-electron chi connectivity index (χ3n) is 3.81. The number of amidine groups is 1. The fourth-order valence-electron chi connectivity index (χ4n) is 2.33. The number of nitrogens with one attached hydrogen (secondary N) is 2. The van der Waals surface area contributed by atoms with E-state index >= 15 is 0 Å². The third-order valence-corrected chi connectivity index (χ3v) is 3.81. The summed E-state index contributed by atoms with van der Waals surface area (Å²) >= 11 is 0.